The number of nitrogen functional groups attached to an aromatic ring is 1. The molecule has 1 aromatic carbocycles. The molecule has 0 atom stereocenters. The summed E-state index contributed by atoms with van der Waals surface area (Å²) < 4.78 is 0. The topological polar surface area (TPSA) is 137 Å². The van der Waals surface area contributed by atoms with Gasteiger partial charge in [0.05, 0.1) is 0 Å². The van der Waals surface area contributed by atoms with Crippen LogP contribution in [0.4, 0.5) is 5.82 Å². The molecule has 5 N–H and O–H groups in total. The Morgan fingerprint density at radius 1 is 1.10 bits per heavy atom. The van der Waals surface area contributed by atoms with Crippen LogP contribution in [0.3, 0.4) is 0 Å². The first-order valence-corrected chi connectivity index (χ1v) is 9.95. The fourth-order valence-corrected chi connectivity index (χ4v) is 4.11. The molecule has 0 saturated carbocycles. The summed E-state index contributed by atoms with van der Waals surface area (Å²) in [6.45, 7) is 8.61. The number of likely N-dealkylation sites (tertiary alicyclic amines) is 1. The molecule has 8 nitrogen and oxygen atoms in total. The van der Waals surface area contributed by atoms with E-state index in [1.807, 2.05) is 13.0 Å². The van der Waals surface area contributed by atoms with E-state index >= 15 is 0 Å². The molecule has 0 unspecified atom stereocenters. The van der Waals surface area contributed by atoms with Gasteiger partial charge in [-0.05, 0) is 74.0 Å². The Kier molecular flexibility index (Phi) is 5.98. The number of carboxylic acid groups (broad SMARTS) is 2. The summed E-state index contributed by atoms with van der Waals surface area (Å²) in [5.41, 5.74) is 6.75. The van der Waals surface area contributed by atoms with Gasteiger partial charge in [0.15, 0.2) is 0 Å². The van der Waals surface area contributed by atoms with Crippen molar-refractivity contribution in [2.45, 2.75) is 40.2 Å². The van der Waals surface area contributed by atoms with E-state index < -0.39 is 28.6 Å². The van der Waals surface area contributed by atoms with Crippen LogP contribution in [-0.2, 0) is 6.54 Å². The number of aromatic carboxylic acids is 2. The Morgan fingerprint density at radius 3 is 2.27 bits per heavy atom. The molecule has 2 aromatic rings. The highest BCUT2D eigenvalue weighted by atomic mass is 16.4. The highest BCUT2D eigenvalue weighted by molar-refractivity contribution is 6.07. The number of nitrogens with two attached hydrogens (primary N) is 1. The summed E-state index contributed by atoms with van der Waals surface area (Å²) in [5, 5.41) is 19.3. The molecule has 1 aliphatic rings. The second-order valence-corrected chi connectivity index (χ2v) is 8.16. The lowest BCUT2D eigenvalue weighted by molar-refractivity contribution is 0.0695. The molecule has 0 aliphatic carbocycles. The van der Waals surface area contributed by atoms with Gasteiger partial charge in [-0.2, -0.15) is 0 Å². The molecular formula is C22H27N3O5. The normalized spacial score (nSPS) is 15.3. The SMILES string of the molecule is Cc1cc(C)c(-c2c(C(=O)O)c(N)[nH]c(=O)c2C(=O)O)cc1CN1CCC(C)CC1. The first-order valence-electron chi connectivity index (χ1n) is 9.95. The molecule has 0 amide bonds. The number of aryl methyl sites for hydroxylation is 2. The van der Waals surface area contributed by atoms with Crippen molar-refractivity contribution in [3.05, 3.63) is 50.3 Å². The summed E-state index contributed by atoms with van der Waals surface area (Å²) in [4.78, 5) is 40.6. The Bertz CT molecular complexity index is 1070. The molecule has 8 heteroatoms. The molecule has 0 radical (unpaired) electrons. The van der Waals surface area contributed by atoms with Gasteiger partial charge in [-0.25, -0.2) is 9.59 Å². The zero-order valence-electron chi connectivity index (χ0n) is 17.4. The number of piperidine rings is 1. The van der Waals surface area contributed by atoms with E-state index in [0.717, 1.165) is 37.1 Å². The predicted octanol–water partition coefficient (Wildman–Crippen LogP) is 2.87. The number of nitrogens with zero attached hydrogens (tertiary/aromatic N) is 1. The van der Waals surface area contributed by atoms with Crippen LogP contribution >= 0.6 is 0 Å². The number of H-pyrrole nitrogens is 1. The molecule has 2 heterocycles. The summed E-state index contributed by atoms with van der Waals surface area (Å²) in [5.74, 6) is -2.56. The molecule has 1 saturated heterocycles. The molecule has 0 bridgehead atoms. The van der Waals surface area contributed by atoms with Crippen molar-refractivity contribution < 1.29 is 19.8 Å². The highest BCUT2D eigenvalue weighted by Gasteiger charge is 2.28. The van der Waals surface area contributed by atoms with Crippen LogP contribution in [0.25, 0.3) is 11.1 Å². The van der Waals surface area contributed by atoms with E-state index in [9.17, 15) is 24.6 Å². The van der Waals surface area contributed by atoms with Gasteiger partial charge in [-0.1, -0.05) is 13.0 Å². The Balaban J connectivity index is 2.20. The van der Waals surface area contributed by atoms with Crippen LogP contribution in [0, 0.1) is 19.8 Å². The van der Waals surface area contributed by atoms with Crippen LogP contribution in [0.1, 0.15) is 57.2 Å². The third-order valence-corrected chi connectivity index (χ3v) is 5.89. The lowest BCUT2D eigenvalue weighted by Gasteiger charge is -2.31. The lowest BCUT2D eigenvalue weighted by Crippen LogP contribution is -2.32. The first-order chi connectivity index (χ1) is 14.1. The van der Waals surface area contributed by atoms with Gasteiger partial charge in [0.25, 0.3) is 5.56 Å². The minimum Gasteiger partial charge on any atom is -0.478 e. The van der Waals surface area contributed by atoms with Crippen molar-refractivity contribution in [1.82, 2.24) is 9.88 Å². The van der Waals surface area contributed by atoms with E-state index in [1.54, 1.807) is 13.0 Å². The first kappa shape index (κ1) is 21.6. The summed E-state index contributed by atoms with van der Waals surface area (Å²) in [7, 11) is 0. The van der Waals surface area contributed by atoms with Crippen LogP contribution in [0.2, 0.25) is 0 Å². The maximum atomic E-state index is 12.3. The van der Waals surface area contributed by atoms with Gasteiger partial charge in [-0.15, -0.1) is 0 Å². The van der Waals surface area contributed by atoms with E-state index in [4.69, 9.17) is 5.73 Å². The minimum atomic E-state index is -1.50. The molecular weight excluding hydrogens is 386 g/mol. The number of carboxylic acids is 2. The minimum absolute atomic E-state index is 0.151. The number of hydrogen-bond acceptors (Lipinski definition) is 5. The van der Waals surface area contributed by atoms with Crippen molar-refractivity contribution in [2.24, 2.45) is 5.92 Å². The largest absolute Gasteiger partial charge is 0.478 e. The number of hydrogen-bond donors (Lipinski definition) is 4. The quantitative estimate of drug-likeness (QED) is 0.591. The van der Waals surface area contributed by atoms with Crippen LogP contribution in [0.5, 0.6) is 0 Å². The summed E-state index contributed by atoms with van der Waals surface area (Å²) >= 11 is 0. The average Bonchev–Trinajstić information content (AvgIpc) is 2.64. The van der Waals surface area contributed by atoms with Gasteiger partial charge >= 0.3 is 11.9 Å². The average molecular weight is 413 g/mol. The molecule has 1 fully saturated rings. The molecule has 160 valence electrons. The number of aromatic amines is 1. The maximum Gasteiger partial charge on any atom is 0.342 e. The van der Waals surface area contributed by atoms with Crippen molar-refractivity contribution in [1.29, 1.82) is 0 Å². The number of carbonyl (C=O) groups is 2. The summed E-state index contributed by atoms with van der Waals surface area (Å²) in [6, 6.07) is 3.70. The Morgan fingerprint density at radius 2 is 1.70 bits per heavy atom. The van der Waals surface area contributed by atoms with E-state index in [1.165, 1.54) is 0 Å². The standard InChI is InChI=1S/C22H27N3O5/c1-11-4-6-25(7-5-11)10-14-9-15(13(3)8-12(14)2)16-17(21(27)28)19(23)24-20(26)18(16)22(29)30/h8-9,11H,4-7,10H2,1-3H3,(H,27,28)(H,29,30)(H3,23,24,26). The van der Waals surface area contributed by atoms with Gasteiger partial charge in [0, 0.05) is 12.1 Å². The van der Waals surface area contributed by atoms with Gasteiger partial charge in [0.1, 0.15) is 16.9 Å². The van der Waals surface area contributed by atoms with Crippen molar-refractivity contribution in [2.75, 3.05) is 18.8 Å². The molecule has 1 aromatic heterocycles. The van der Waals surface area contributed by atoms with E-state index in [2.05, 4.69) is 16.8 Å². The fraction of sp³-hybridized carbons (Fsp3) is 0.409. The second-order valence-electron chi connectivity index (χ2n) is 8.16. The molecule has 30 heavy (non-hydrogen) atoms. The molecule has 3 rings (SSSR count). The third kappa shape index (κ3) is 4.09. The number of benzene rings is 1. The molecule has 0 spiro atoms. The number of pyridine rings is 1. The van der Waals surface area contributed by atoms with Crippen molar-refractivity contribution in [3.8, 4) is 11.1 Å². The number of rotatable bonds is 5. The van der Waals surface area contributed by atoms with Crippen LogP contribution < -0.4 is 11.3 Å². The van der Waals surface area contributed by atoms with Crippen LogP contribution in [-0.4, -0.2) is 45.1 Å². The van der Waals surface area contributed by atoms with Gasteiger partial charge in [0.2, 0.25) is 0 Å². The zero-order valence-corrected chi connectivity index (χ0v) is 17.4. The van der Waals surface area contributed by atoms with Crippen molar-refractivity contribution >= 4 is 17.8 Å². The highest BCUT2D eigenvalue weighted by Crippen LogP contribution is 2.34. The predicted molar refractivity (Wildman–Crippen MR) is 114 cm³/mol. The van der Waals surface area contributed by atoms with E-state index in [0.29, 0.717) is 23.6 Å². The number of anilines is 1. The number of nitrogens with one attached hydrogen (secondary N) is 1. The smallest absolute Gasteiger partial charge is 0.342 e. The molecule has 1 aliphatic heterocycles. The maximum absolute atomic E-state index is 12.3. The van der Waals surface area contributed by atoms with Gasteiger partial charge < -0.3 is 20.9 Å². The monoisotopic (exact) mass is 413 g/mol. The fourth-order valence-electron chi connectivity index (χ4n) is 4.11. The second kappa shape index (κ2) is 8.31. The Labute approximate surface area is 174 Å². The van der Waals surface area contributed by atoms with Gasteiger partial charge in [-0.3, -0.25) is 9.69 Å². The summed E-state index contributed by atoms with van der Waals surface area (Å²) in [6.07, 6.45) is 2.24. The lowest BCUT2D eigenvalue weighted by atomic mass is 9.89. The third-order valence-electron chi connectivity index (χ3n) is 5.89. The van der Waals surface area contributed by atoms with Crippen LogP contribution in [0.15, 0.2) is 16.9 Å². The van der Waals surface area contributed by atoms with E-state index in [-0.39, 0.29) is 11.4 Å². The zero-order chi connectivity index (χ0) is 22.2. The Hall–Kier alpha value is -3.13. The number of aromatic nitrogens is 1. The van der Waals surface area contributed by atoms with Crippen molar-refractivity contribution in [3.63, 3.8) is 0 Å².